The predicted octanol–water partition coefficient (Wildman–Crippen LogP) is 5.51. The largest absolute Gasteiger partial charge is 0.460 e. The van der Waals surface area contributed by atoms with Crippen LogP contribution in [0.4, 0.5) is 0 Å². The molecule has 0 aliphatic heterocycles. The average Bonchev–Trinajstić information content (AvgIpc) is 3.28. The summed E-state index contributed by atoms with van der Waals surface area (Å²) >= 11 is 0. The zero-order valence-electron chi connectivity index (χ0n) is 29.2. The number of aliphatic hydroxyl groups is 2. The molecule has 0 bridgehead atoms. The van der Waals surface area contributed by atoms with Crippen LogP contribution in [0.15, 0.2) is 35.5 Å². The molecule has 16 heteroatoms. The molecule has 0 aromatic rings. The monoisotopic (exact) mass is 754 g/mol. The smallest absolute Gasteiger partial charge is 0.341 e. The van der Waals surface area contributed by atoms with Crippen LogP contribution in [-0.2, 0) is 23.2 Å². The van der Waals surface area contributed by atoms with Crippen LogP contribution in [0.2, 0.25) is 0 Å². The normalized spacial score (nSPS) is 30.8. The molecule has 0 aromatic carbocycles. The number of aliphatic hydroxyl groups excluding tert-OH is 2. The van der Waals surface area contributed by atoms with Crippen LogP contribution in [0.5, 0.6) is 0 Å². The molecule has 2 unspecified atom stereocenters. The van der Waals surface area contributed by atoms with Gasteiger partial charge >= 0.3 is 28.8 Å². The number of hydrogen-bond donors (Lipinski definition) is 8. The molecule has 0 spiro atoms. The third kappa shape index (κ3) is 10.8. The molecule has 3 saturated carbocycles. The van der Waals surface area contributed by atoms with Crippen molar-refractivity contribution in [3.63, 3.8) is 0 Å². The summed E-state index contributed by atoms with van der Waals surface area (Å²) in [7, 11) is -16.3. The number of carbonyl (C=O) groups is 1. The van der Waals surface area contributed by atoms with Gasteiger partial charge in [-0.05, 0) is 99.5 Å². The summed E-state index contributed by atoms with van der Waals surface area (Å²) in [6, 6.07) is 0. The maximum atomic E-state index is 13.0. The first kappa shape index (κ1) is 42.5. The molecule has 0 radical (unpaired) electrons. The van der Waals surface area contributed by atoms with Crippen LogP contribution in [0.3, 0.4) is 0 Å². The molecule has 3 aliphatic carbocycles. The topological polar surface area (TPSA) is 239 Å². The Labute approximate surface area is 289 Å². The predicted molar refractivity (Wildman–Crippen MR) is 185 cm³/mol. The molecule has 13 nitrogen and oxygen atoms in total. The Balaban J connectivity index is 1.64. The van der Waals surface area contributed by atoms with Gasteiger partial charge in [0, 0.05) is 12.3 Å². The maximum absolute atomic E-state index is 13.0. The van der Waals surface area contributed by atoms with Crippen molar-refractivity contribution in [2.45, 2.75) is 134 Å². The average molecular weight is 755 g/mol. The van der Waals surface area contributed by atoms with E-state index in [0.29, 0.717) is 49.0 Å². The summed E-state index contributed by atoms with van der Waals surface area (Å²) in [4.78, 5) is 71.2. The summed E-state index contributed by atoms with van der Waals surface area (Å²) in [5.41, 5.74) is 0.0859. The van der Waals surface area contributed by atoms with E-state index in [-0.39, 0.29) is 5.41 Å². The number of fused-ring (bicyclic) bond motifs is 1. The highest BCUT2D eigenvalue weighted by atomic mass is 31.2. The summed E-state index contributed by atoms with van der Waals surface area (Å²) in [5.74, 6) is -1.85. The highest BCUT2D eigenvalue weighted by Crippen LogP contribution is 2.66. The lowest BCUT2D eigenvalue weighted by molar-refractivity contribution is -0.158. The number of ether oxygens (including phenoxy) is 1. The number of allylic oxidation sites excluding steroid dienone is 3. The lowest BCUT2D eigenvalue weighted by Gasteiger charge is -2.44. The van der Waals surface area contributed by atoms with E-state index in [9.17, 15) is 58.1 Å². The molecule has 0 amide bonds. The first-order valence-electron chi connectivity index (χ1n) is 17.1. The summed E-state index contributed by atoms with van der Waals surface area (Å²) in [6.45, 7) is 12.8. The van der Waals surface area contributed by atoms with Gasteiger partial charge in [0.15, 0.2) is 5.40 Å². The van der Waals surface area contributed by atoms with Gasteiger partial charge in [0.25, 0.3) is 0 Å². The molecular weight excluding hydrogens is 697 g/mol. The van der Waals surface area contributed by atoms with Gasteiger partial charge in [0.2, 0.25) is 0 Å². The van der Waals surface area contributed by atoms with Crippen molar-refractivity contribution < 1.29 is 62.8 Å². The molecule has 8 N–H and O–H groups in total. The van der Waals surface area contributed by atoms with E-state index in [2.05, 4.69) is 26.5 Å². The first-order valence-corrected chi connectivity index (χ1v) is 22.1. The highest BCUT2D eigenvalue weighted by Gasteiger charge is 2.54. The van der Waals surface area contributed by atoms with E-state index in [1.54, 1.807) is 13.8 Å². The Bertz CT molecular complexity index is 1400. The lowest BCUT2D eigenvalue weighted by atomic mass is 9.60. The highest BCUT2D eigenvalue weighted by molar-refractivity contribution is 7.71. The Morgan fingerprint density at radius 2 is 1.63 bits per heavy atom. The number of carbonyl (C=O) groups excluding carboxylic acids is 1. The Morgan fingerprint density at radius 3 is 2.20 bits per heavy atom. The van der Waals surface area contributed by atoms with Crippen LogP contribution in [0.1, 0.15) is 105 Å². The van der Waals surface area contributed by atoms with Gasteiger partial charge in [-0.3, -0.25) is 18.5 Å². The van der Waals surface area contributed by atoms with Gasteiger partial charge < -0.3 is 44.3 Å². The first-order chi connectivity index (χ1) is 22.3. The summed E-state index contributed by atoms with van der Waals surface area (Å²) in [6.07, 6.45) is 10.0. The van der Waals surface area contributed by atoms with Crippen LogP contribution < -0.4 is 0 Å². The Morgan fingerprint density at radius 1 is 1.02 bits per heavy atom. The van der Waals surface area contributed by atoms with Crippen LogP contribution in [-0.4, -0.2) is 74.4 Å². The minimum absolute atomic E-state index is 0.116. The molecule has 282 valence electrons. The molecule has 0 saturated heterocycles. The SMILES string of the molecule is C=C1/C(=C\C=C2/CCC[C@]3(C)[C@@H]([C@H](C)CCCC(C)(C)OC(=O)CC(C(C)P(=O)(O)O)C(P(=O)(O)O)P(=O)(O)O)CC[C@@H]23)C[C@@H](O)C[C@@H]1O. The van der Waals surface area contributed by atoms with Gasteiger partial charge in [0.05, 0.1) is 24.3 Å². The van der Waals surface area contributed by atoms with E-state index < -0.39 is 70.0 Å². The van der Waals surface area contributed by atoms with Crippen molar-refractivity contribution in [2.24, 2.45) is 29.1 Å². The van der Waals surface area contributed by atoms with Crippen molar-refractivity contribution in [3.8, 4) is 0 Å². The summed E-state index contributed by atoms with van der Waals surface area (Å²) in [5, 5.41) is 17.6. The summed E-state index contributed by atoms with van der Waals surface area (Å²) < 4.78 is 41.7. The molecular formula is C33H57O13P3. The number of esters is 1. The van der Waals surface area contributed by atoms with Gasteiger partial charge in [-0.1, -0.05) is 51.5 Å². The zero-order valence-corrected chi connectivity index (χ0v) is 31.9. The zero-order chi connectivity index (χ0) is 37.3. The Kier molecular flexibility index (Phi) is 13.8. The van der Waals surface area contributed by atoms with E-state index in [1.807, 2.05) is 6.08 Å². The molecule has 3 aliphatic rings. The second-order valence-electron chi connectivity index (χ2n) is 15.6. The molecule has 8 atom stereocenters. The molecule has 3 rings (SSSR count). The van der Waals surface area contributed by atoms with Crippen molar-refractivity contribution in [1.29, 1.82) is 0 Å². The van der Waals surface area contributed by atoms with E-state index in [4.69, 9.17) is 4.74 Å². The fourth-order valence-electron chi connectivity index (χ4n) is 8.79. The van der Waals surface area contributed by atoms with Crippen molar-refractivity contribution in [2.75, 3.05) is 0 Å². The lowest BCUT2D eigenvalue weighted by Crippen LogP contribution is -2.36. The van der Waals surface area contributed by atoms with E-state index in [1.165, 1.54) is 5.57 Å². The van der Waals surface area contributed by atoms with Gasteiger partial charge in [-0.15, -0.1) is 0 Å². The number of rotatable bonds is 14. The van der Waals surface area contributed by atoms with E-state index in [0.717, 1.165) is 51.0 Å². The van der Waals surface area contributed by atoms with Crippen LogP contribution >= 0.6 is 22.8 Å². The van der Waals surface area contributed by atoms with Crippen LogP contribution in [0, 0.1) is 29.1 Å². The molecule has 0 heterocycles. The van der Waals surface area contributed by atoms with E-state index >= 15 is 0 Å². The number of hydrogen-bond acceptors (Lipinski definition) is 7. The van der Waals surface area contributed by atoms with Gasteiger partial charge in [-0.25, -0.2) is 0 Å². The molecule has 49 heavy (non-hydrogen) atoms. The second kappa shape index (κ2) is 16.0. The molecule has 0 aromatic heterocycles. The third-order valence-electron chi connectivity index (χ3n) is 11.4. The quantitative estimate of drug-likeness (QED) is 0.0807. The van der Waals surface area contributed by atoms with Crippen LogP contribution in [0.25, 0.3) is 0 Å². The minimum Gasteiger partial charge on any atom is -0.460 e. The van der Waals surface area contributed by atoms with Gasteiger partial charge in [0.1, 0.15) is 5.60 Å². The van der Waals surface area contributed by atoms with Crippen molar-refractivity contribution >= 4 is 28.8 Å². The fraction of sp³-hybridized carbons (Fsp3) is 0.788. The van der Waals surface area contributed by atoms with Gasteiger partial charge in [-0.2, -0.15) is 0 Å². The fourth-order valence-corrected chi connectivity index (χ4v) is 13.1. The van der Waals surface area contributed by atoms with Crippen molar-refractivity contribution in [3.05, 3.63) is 35.5 Å². The minimum atomic E-state index is -5.60. The second-order valence-corrected chi connectivity index (χ2v) is 21.4. The molecule has 3 fully saturated rings. The maximum Gasteiger partial charge on any atom is 0.341 e. The van der Waals surface area contributed by atoms with Crippen molar-refractivity contribution in [1.82, 2.24) is 0 Å². The third-order valence-corrected chi connectivity index (χ3v) is 16.8. The Hall–Kier alpha value is -0.940. The standard InChI is InChI=1S/C33H57O13P3/c1-20(27-13-14-28-23(10-8-16-33(27,28)6)11-12-24-17-25(34)18-29(35)21(24)2)9-7-15-32(4,5)46-30(36)19-26(22(3)47(37,38)39)31(48(40,41)42)49(43,44)45/h11-12,20,22,25-29,31,34-35H,2,7-10,13-19H2,1,3-6H3,(H2,37,38,39)(H2,40,41,42)(H2,43,44,45)/b23-11+,24-12-/t20-,22?,25-,26?,27-,28+,29+,33-/m1/s1.